The Morgan fingerprint density at radius 1 is 1.39 bits per heavy atom. The van der Waals surface area contributed by atoms with Gasteiger partial charge in [-0.05, 0) is 43.7 Å². The van der Waals surface area contributed by atoms with Gasteiger partial charge in [-0.15, -0.1) is 0 Å². The van der Waals surface area contributed by atoms with Gasteiger partial charge in [-0.1, -0.05) is 6.07 Å². The van der Waals surface area contributed by atoms with Crippen LogP contribution in [0.1, 0.15) is 52.1 Å². The molecule has 28 heavy (non-hydrogen) atoms. The number of rotatable bonds is 4. The van der Waals surface area contributed by atoms with Gasteiger partial charge in [-0.25, -0.2) is 0 Å². The highest BCUT2D eigenvalue weighted by atomic mass is 16.5. The summed E-state index contributed by atoms with van der Waals surface area (Å²) in [7, 11) is 0. The van der Waals surface area contributed by atoms with Gasteiger partial charge in [0, 0.05) is 36.7 Å². The second-order valence-corrected chi connectivity index (χ2v) is 8.37. The number of carbonyl (C=O) groups is 1. The number of nitrogens with zero attached hydrogens (tertiary/aromatic N) is 3. The molecule has 1 aliphatic carbocycles. The monoisotopic (exact) mass is 382 g/mol. The van der Waals surface area contributed by atoms with Crippen molar-refractivity contribution in [3.63, 3.8) is 0 Å². The van der Waals surface area contributed by atoms with E-state index in [-0.39, 0.29) is 17.6 Å². The first-order chi connectivity index (χ1) is 13.6. The molecule has 2 aromatic heterocycles. The van der Waals surface area contributed by atoms with Gasteiger partial charge in [0.25, 0.3) is 5.91 Å². The summed E-state index contributed by atoms with van der Waals surface area (Å²) >= 11 is 0. The van der Waals surface area contributed by atoms with E-state index >= 15 is 0 Å². The molecule has 0 aromatic carbocycles. The molecule has 1 atom stereocenters. The van der Waals surface area contributed by atoms with Crippen LogP contribution in [0, 0.1) is 6.92 Å². The lowest BCUT2D eigenvalue weighted by Crippen LogP contribution is -2.67. The molecule has 7 heteroatoms. The van der Waals surface area contributed by atoms with Gasteiger partial charge < -0.3 is 14.4 Å². The summed E-state index contributed by atoms with van der Waals surface area (Å²) in [6.45, 7) is 4.53. The molecule has 0 radical (unpaired) electrons. The highest BCUT2D eigenvalue weighted by molar-refractivity contribution is 5.95. The summed E-state index contributed by atoms with van der Waals surface area (Å²) in [4.78, 5) is 18.9. The molecule has 1 spiro atoms. The number of hydrogen-bond donors (Lipinski definition) is 1. The number of hydrogen-bond acceptors (Lipinski definition) is 5. The normalized spacial score (nSPS) is 22.9. The third-order valence-corrected chi connectivity index (χ3v) is 6.12. The van der Waals surface area contributed by atoms with E-state index in [1.165, 1.54) is 0 Å². The maximum absolute atomic E-state index is 12.8. The zero-order valence-corrected chi connectivity index (χ0v) is 16.2. The molecule has 1 amide bonds. The Kier molecular flexibility index (Phi) is 4.44. The van der Waals surface area contributed by atoms with Gasteiger partial charge in [0.05, 0.1) is 25.8 Å². The summed E-state index contributed by atoms with van der Waals surface area (Å²) in [5, 5.41) is 7.30. The Bertz CT molecular complexity index is 888. The Hall–Kier alpha value is -2.25. The van der Waals surface area contributed by atoms with Crippen LogP contribution >= 0.6 is 0 Å². The number of fused-ring (bicyclic) bond motifs is 1. The second-order valence-electron chi connectivity index (χ2n) is 8.37. The number of H-pyrrole nitrogens is 1. The van der Waals surface area contributed by atoms with Crippen LogP contribution in [0.4, 0.5) is 0 Å². The maximum atomic E-state index is 12.8. The predicted octanol–water partition coefficient (Wildman–Crippen LogP) is 2.19. The van der Waals surface area contributed by atoms with Crippen molar-refractivity contribution in [2.75, 3.05) is 19.7 Å². The van der Waals surface area contributed by atoms with Crippen LogP contribution in [0.3, 0.4) is 0 Å². The van der Waals surface area contributed by atoms with E-state index in [1.807, 2.05) is 24.2 Å². The van der Waals surface area contributed by atoms with Crippen LogP contribution in [0.15, 0.2) is 18.5 Å². The number of aromatic amines is 1. The highest BCUT2D eigenvalue weighted by Crippen LogP contribution is 2.37. The minimum Gasteiger partial charge on any atom is -0.373 e. The summed E-state index contributed by atoms with van der Waals surface area (Å²) in [6.07, 6.45) is 8.63. The third kappa shape index (κ3) is 3.22. The molecule has 3 aliphatic rings. The van der Waals surface area contributed by atoms with Crippen molar-refractivity contribution >= 4 is 5.91 Å². The average Bonchev–Trinajstić information content (AvgIpc) is 3.28. The highest BCUT2D eigenvalue weighted by Gasteiger charge is 2.50. The van der Waals surface area contributed by atoms with E-state index in [4.69, 9.17) is 9.47 Å². The first-order valence-electron chi connectivity index (χ1n) is 10.1. The number of nitrogens with one attached hydrogen (secondary N) is 1. The quantitative estimate of drug-likeness (QED) is 0.877. The van der Waals surface area contributed by atoms with Crippen LogP contribution in [0.5, 0.6) is 0 Å². The van der Waals surface area contributed by atoms with Gasteiger partial charge in [0.2, 0.25) is 0 Å². The van der Waals surface area contributed by atoms with Crippen molar-refractivity contribution in [2.24, 2.45) is 0 Å². The molecular formula is C21H26N4O3. The summed E-state index contributed by atoms with van der Waals surface area (Å²) in [5.41, 5.74) is 4.83. The Morgan fingerprint density at radius 2 is 2.29 bits per heavy atom. The smallest absolute Gasteiger partial charge is 0.274 e. The summed E-state index contributed by atoms with van der Waals surface area (Å²) < 4.78 is 12.2. The Labute approximate surface area is 164 Å². The molecule has 0 bridgehead atoms. The van der Waals surface area contributed by atoms with E-state index in [0.717, 1.165) is 54.5 Å². The molecule has 2 saturated heterocycles. The molecule has 4 heterocycles. The molecule has 5 rings (SSSR count). The second kappa shape index (κ2) is 6.97. The lowest BCUT2D eigenvalue weighted by molar-refractivity contribution is -0.188. The number of pyridine rings is 1. The van der Waals surface area contributed by atoms with Crippen LogP contribution in [0.2, 0.25) is 0 Å². The third-order valence-electron chi connectivity index (χ3n) is 6.12. The van der Waals surface area contributed by atoms with Gasteiger partial charge in [-0.3, -0.25) is 14.9 Å². The zero-order valence-electron chi connectivity index (χ0n) is 16.2. The van der Waals surface area contributed by atoms with Crippen molar-refractivity contribution in [3.05, 3.63) is 46.5 Å². The number of ether oxygens (including phenoxy) is 2. The molecule has 2 aromatic rings. The Balaban J connectivity index is 1.17. The fraction of sp³-hybridized carbons (Fsp3) is 0.571. The number of carbonyl (C=O) groups excluding carboxylic acids is 1. The molecule has 2 aliphatic heterocycles. The standard InChI is InChI=1S/C21H26N4O3/c1-14-7-15(10-22-9-14)11-27-16-5-6-28-21(8-16)12-25(13-21)20(26)19-17-3-2-4-18(17)23-24-19/h7,9-10,16H,2-6,8,11-13H2,1H3,(H,23,24)/t16-/m0/s1. The van der Waals surface area contributed by atoms with E-state index in [0.29, 0.717) is 32.0 Å². The SMILES string of the molecule is Cc1cncc(CO[C@H]2CCOC3(C2)CN(C(=O)c2n[nH]c4c2CCC4)C3)c1. The molecule has 0 unspecified atom stereocenters. The lowest BCUT2D eigenvalue weighted by atomic mass is 9.84. The largest absolute Gasteiger partial charge is 0.373 e. The van der Waals surface area contributed by atoms with Crippen molar-refractivity contribution < 1.29 is 14.3 Å². The first-order valence-corrected chi connectivity index (χ1v) is 10.1. The summed E-state index contributed by atoms with van der Waals surface area (Å²) in [5.74, 6) is 0.0301. The molecular weight excluding hydrogens is 356 g/mol. The Morgan fingerprint density at radius 3 is 3.14 bits per heavy atom. The van der Waals surface area contributed by atoms with Gasteiger partial charge in [0.15, 0.2) is 5.69 Å². The van der Waals surface area contributed by atoms with Gasteiger partial charge >= 0.3 is 0 Å². The van der Waals surface area contributed by atoms with Crippen LogP contribution in [-0.2, 0) is 28.9 Å². The molecule has 0 saturated carbocycles. The fourth-order valence-corrected chi connectivity index (χ4v) is 4.69. The zero-order chi connectivity index (χ0) is 19.1. The minimum absolute atomic E-state index is 0.0301. The number of likely N-dealkylation sites (tertiary alicyclic amines) is 1. The average molecular weight is 382 g/mol. The van der Waals surface area contributed by atoms with Crippen LogP contribution in [0.25, 0.3) is 0 Å². The van der Waals surface area contributed by atoms with E-state index in [2.05, 4.69) is 21.2 Å². The number of aryl methyl sites for hydroxylation is 2. The maximum Gasteiger partial charge on any atom is 0.274 e. The van der Waals surface area contributed by atoms with Gasteiger partial charge in [0.1, 0.15) is 5.60 Å². The van der Waals surface area contributed by atoms with E-state index in [1.54, 1.807) is 0 Å². The molecule has 2 fully saturated rings. The molecule has 148 valence electrons. The molecule has 1 N–H and O–H groups in total. The van der Waals surface area contributed by atoms with E-state index < -0.39 is 0 Å². The minimum atomic E-state index is -0.261. The van der Waals surface area contributed by atoms with Crippen molar-refractivity contribution in [1.82, 2.24) is 20.1 Å². The lowest BCUT2D eigenvalue weighted by Gasteiger charge is -2.52. The van der Waals surface area contributed by atoms with E-state index in [9.17, 15) is 4.79 Å². The number of amides is 1. The van der Waals surface area contributed by atoms with Crippen molar-refractivity contribution in [1.29, 1.82) is 0 Å². The topological polar surface area (TPSA) is 80.3 Å². The van der Waals surface area contributed by atoms with Crippen LogP contribution < -0.4 is 0 Å². The predicted molar refractivity (Wildman–Crippen MR) is 102 cm³/mol. The fourth-order valence-electron chi connectivity index (χ4n) is 4.69. The van der Waals surface area contributed by atoms with Gasteiger partial charge in [-0.2, -0.15) is 5.10 Å². The van der Waals surface area contributed by atoms with Crippen molar-refractivity contribution in [2.45, 2.75) is 57.3 Å². The molecule has 7 nitrogen and oxygen atoms in total. The summed E-state index contributed by atoms with van der Waals surface area (Å²) in [6, 6.07) is 2.11. The first kappa shape index (κ1) is 17.8. The number of aromatic nitrogens is 3. The van der Waals surface area contributed by atoms with Crippen LogP contribution in [-0.4, -0.2) is 57.4 Å². The van der Waals surface area contributed by atoms with Crippen molar-refractivity contribution in [3.8, 4) is 0 Å².